The molecule has 0 fully saturated rings. The summed E-state index contributed by atoms with van der Waals surface area (Å²) < 4.78 is 0. The Bertz CT molecular complexity index is 928. The number of para-hydroxylation sites is 1. The van der Waals surface area contributed by atoms with E-state index < -0.39 is 0 Å². The molecule has 0 saturated heterocycles. The monoisotopic (exact) mass is 363 g/mol. The molecule has 3 aromatic rings. The Hall–Kier alpha value is -3.08. The van der Waals surface area contributed by atoms with E-state index in [0.29, 0.717) is 18.5 Å². The second-order valence-corrected chi connectivity index (χ2v) is 6.74. The molecule has 3 rings (SSSR count). The van der Waals surface area contributed by atoms with Crippen LogP contribution in [0, 0.1) is 0 Å². The molecule has 5 nitrogen and oxygen atoms in total. The first-order valence-electron chi connectivity index (χ1n) is 9.18. The summed E-state index contributed by atoms with van der Waals surface area (Å²) >= 11 is 0. The van der Waals surface area contributed by atoms with Gasteiger partial charge in [0.25, 0.3) is 5.91 Å². The number of hydrogen-bond acceptors (Lipinski definition) is 2. The van der Waals surface area contributed by atoms with Crippen LogP contribution in [-0.2, 0) is 17.8 Å². The number of aromatic amines is 1. The molecule has 2 aromatic carbocycles. The summed E-state index contributed by atoms with van der Waals surface area (Å²) in [5.74, 6) is 0.0217. The predicted octanol–water partition coefficient (Wildman–Crippen LogP) is 3.51. The summed E-state index contributed by atoms with van der Waals surface area (Å²) in [5.41, 5.74) is 4.02. The molecule has 0 bridgehead atoms. The van der Waals surface area contributed by atoms with Crippen LogP contribution in [0.1, 0.15) is 34.3 Å². The fourth-order valence-corrected chi connectivity index (χ4v) is 3.23. The van der Waals surface area contributed by atoms with Gasteiger partial charge < -0.3 is 15.2 Å². The number of nitrogens with one attached hydrogen (secondary N) is 2. The Labute approximate surface area is 159 Å². The highest BCUT2D eigenvalue weighted by molar-refractivity contribution is 5.94. The highest BCUT2D eigenvalue weighted by Crippen LogP contribution is 2.19. The van der Waals surface area contributed by atoms with Crippen molar-refractivity contribution < 1.29 is 9.59 Å². The zero-order valence-corrected chi connectivity index (χ0v) is 15.8. The summed E-state index contributed by atoms with van der Waals surface area (Å²) in [6.45, 7) is 0.542. The van der Waals surface area contributed by atoms with E-state index >= 15 is 0 Å². The van der Waals surface area contributed by atoms with Crippen LogP contribution in [0.3, 0.4) is 0 Å². The third-order valence-electron chi connectivity index (χ3n) is 4.80. The van der Waals surface area contributed by atoms with Gasteiger partial charge in [0.15, 0.2) is 0 Å². The van der Waals surface area contributed by atoms with E-state index in [9.17, 15) is 9.59 Å². The molecular weight excluding hydrogens is 338 g/mol. The lowest BCUT2D eigenvalue weighted by Crippen LogP contribution is -2.26. The lowest BCUT2D eigenvalue weighted by molar-refractivity contribution is -0.130. The minimum atomic E-state index is -0.108. The molecule has 0 saturated carbocycles. The van der Waals surface area contributed by atoms with Gasteiger partial charge in [0.2, 0.25) is 5.91 Å². The average molecular weight is 363 g/mol. The van der Waals surface area contributed by atoms with Crippen LogP contribution in [0.2, 0.25) is 0 Å². The molecular formula is C22H25N3O2. The van der Waals surface area contributed by atoms with E-state index in [1.54, 1.807) is 24.1 Å². The summed E-state index contributed by atoms with van der Waals surface area (Å²) in [5, 5.41) is 3.83. The zero-order valence-electron chi connectivity index (χ0n) is 15.8. The molecule has 1 aromatic heterocycles. The maximum absolute atomic E-state index is 12.4. The van der Waals surface area contributed by atoms with Crippen molar-refractivity contribution in [3.63, 3.8) is 0 Å². The van der Waals surface area contributed by atoms with Gasteiger partial charge in [-0.1, -0.05) is 30.3 Å². The Kier molecular flexibility index (Phi) is 5.91. The molecule has 0 aliphatic rings. The largest absolute Gasteiger partial charge is 0.361 e. The first kappa shape index (κ1) is 18.7. The zero-order chi connectivity index (χ0) is 19.2. The fourth-order valence-electron chi connectivity index (χ4n) is 3.23. The van der Waals surface area contributed by atoms with Gasteiger partial charge >= 0.3 is 0 Å². The minimum absolute atomic E-state index is 0.108. The van der Waals surface area contributed by atoms with Gasteiger partial charge in [0, 0.05) is 49.7 Å². The van der Waals surface area contributed by atoms with Crippen LogP contribution in [0.15, 0.2) is 54.7 Å². The Balaban J connectivity index is 1.49. The van der Waals surface area contributed by atoms with Crippen molar-refractivity contribution in [1.29, 1.82) is 0 Å². The van der Waals surface area contributed by atoms with E-state index in [2.05, 4.69) is 22.4 Å². The van der Waals surface area contributed by atoms with E-state index in [1.807, 2.05) is 37.5 Å². The molecule has 140 valence electrons. The molecule has 0 aliphatic heterocycles. The molecule has 5 heteroatoms. The van der Waals surface area contributed by atoms with Crippen LogP contribution in [0.25, 0.3) is 10.9 Å². The third kappa shape index (κ3) is 4.56. The number of rotatable bonds is 7. The second kappa shape index (κ2) is 8.54. The van der Waals surface area contributed by atoms with Crippen molar-refractivity contribution in [3.8, 4) is 0 Å². The number of H-pyrrole nitrogens is 1. The second-order valence-electron chi connectivity index (χ2n) is 6.74. The van der Waals surface area contributed by atoms with Crippen LogP contribution in [-0.4, -0.2) is 35.8 Å². The van der Waals surface area contributed by atoms with E-state index in [-0.39, 0.29) is 11.8 Å². The van der Waals surface area contributed by atoms with Crippen molar-refractivity contribution in [2.24, 2.45) is 0 Å². The van der Waals surface area contributed by atoms with Crippen molar-refractivity contribution in [2.75, 3.05) is 14.1 Å². The summed E-state index contributed by atoms with van der Waals surface area (Å²) in [6.07, 6.45) is 4.25. The smallest absolute Gasteiger partial charge is 0.251 e. The Morgan fingerprint density at radius 3 is 2.56 bits per heavy atom. The van der Waals surface area contributed by atoms with Crippen molar-refractivity contribution in [2.45, 2.75) is 25.8 Å². The molecule has 0 atom stereocenters. The summed E-state index contributed by atoms with van der Waals surface area (Å²) in [4.78, 5) is 29.0. The van der Waals surface area contributed by atoms with Gasteiger partial charge in [0.1, 0.15) is 0 Å². The number of fused-ring (bicyclic) bond motifs is 1. The van der Waals surface area contributed by atoms with Gasteiger partial charge in [-0.25, -0.2) is 0 Å². The van der Waals surface area contributed by atoms with Gasteiger partial charge in [-0.15, -0.1) is 0 Å². The SMILES string of the molecule is CNC(=O)c1ccc(CN(C)C(=O)CCCc2c[nH]c3ccccc23)cc1. The van der Waals surface area contributed by atoms with E-state index in [0.717, 1.165) is 23.9 Å². The summed E-state index contributed by atoms with van der Waals surface area (Å²) in [6, 6.07) is 15.6. The molecule has 0 spiro atoms. The highest BCUT2D eigenvalue weighted by atomic mass is 16.2. The van der Waals surface area contributed by atoms with Gasteiger partial charge in [0.05, 0.1) is 0 Å². The Morgan fingerprint density at radius 1 is 1.07 bits per heavy atom. The standard InChI is InChI=1S/C22H25N3O2/c1-23-22(27)17-12-10-16(11-13-17)15-25(2)21(26)9-5-6-18-14-24-20-8-4-3-7-19(18)20/h3-4,7-8,10-14,24H,5-6,9,15H2,1-2H3,(H,23,27). The number of carbonyl (C=O) groups excluding carboxylic acids is 2. The number of aryl methyl sites for hydroxylation is 1. The van der Waals surface area contributed by atoms with E-state index in [1.165, 1.54) is 10.9 Å². The van der Waals surface area contributed by atoms with Crippen LogP contribution < -0.4 is 5.32 Å². The van der Waals surface area contributed by atoms with Crippen molar-refractivity contribution in [1.82, 2.24) is 15.2 Å². The quantitative estimate of drug-likeness (QED) is 0.675. The van der Waals surface area contributed by atoms with Crippen LogP contribution >= 0.6 is 0 Å². The molecule has 0 aliphatic carbocycles. The minimum Gasteiger partial charge on any atom is -0.361 e. The number of carbonyl (C=O) groups is 2. The summed E-state index contributed by atoms with van der Waals surface area (Å²) in [7, 11) is 3.43. The molecule has 2 N–H and O–H groups in total. The van der Waals surface area contributed by atoms with Gasteiger partial charge in [-0.3, -0.25) is 9.59 Å². The maximum atomic E-state index is 12.4. The third-order valence-corrected chi connectivity index (χ3v) is 4.80. The Morgan fingerprint density at radius 2 is 1.81 bits per heavy atom. The fraction of sp³-hybridized carbons (Fsp3) is 0.273. The maximum Gasteiger partial charge on any atom is 0.251 e. The molecule has 27 heavy (non-hydrogen) atoms. The normalized spacial score (nSPS) is 10.7. The first-order chi connectivity index (χ1) is 13.1. The highest BCUT2D eigenvalue weighted by Gasteiger charge is 2.11. The first-order valence-corrected chi connectivity index (χ1v) is 9.18. The van der Waals surface area contributed by atoms with Gasteiger partial charge in [-0.2, -0.15) is 0 Å². The van der Waals surface area contributed by atoms with Crippen molar-refractivity contribution in [3.05, 3.63) is 71.4 Å². The topological polar surface area (TPSA) is 65.2 Å². The number of amides is 2. The number of benzene rings is 2. The number of nitrogens with zero attached hydrogens (tertiary/aromatic N) is 1. The van der Waals surface area contributed by atoms with Crippen LogP contribution in [0.5, 0.6) is 0 Å². The van der Waals surface area contributed by atoms with E-state index in [4.69, 9.17) is 0 Å². The lowest BCUT2D eigenvalue weighted by Gasteiger charge is -2.17. The predicted molar refractivity (Wildman–Crippen MR) is 108 cm³/mol. The van der Waals surface area contributed by atoms with Gasteiger partial charge in [-0.05, 0) is 42.2 Å². The lowest BCUT2D eigenvalue weighted by atomic mass is 10.1. The molecule has 2 amide bonds. The molecule has 1 heterocycles. The molecule has 0 unspecified atom stereocenters. The van der Waals surface area contributed by atoms with Crippen molar-refractivity contribution >= 4 is 22.7 Å². The van der Waals surface area contributed by atoms with Crippen LogP contribution in [0.4, 0.5) is 0 Å². The average Bonchev–Trinajstić information content (AvgIpc) is 3.11. The number of aromatic nitrogens is 1. The molecule has 0 radical (unpaired) electrons. The number of hydrogen-bond donors (Lipinski definition) is 2.